The Morgan fingerprint density at radius 2 is 2.12 bits per heavy atom. The molecule has 0 aliphatic carbocycles. The molecule has 2 rings (SSSR count). The van der Waals surface area contributed by atoms with Gasteiger partial charge in [-0.05, 0) is 30.7 Å². The van der Waals surface area contributed by atoms with Gasteiger partial charge in [-0.1, -0.05) is 6.07 Å². The summed E-state index contributed by atoms with van der Waals surface area (Å²) < 4.78 is 15.0. The van der Waals surface area contributed by atoms with Gasteiger partial charge in [0.1, 0.15) is 5.82 Å². The van der Waals surface area contributed by atoms with Crippen LogP contribution >= 0.6 is 0 Å². The van der Waals surface area contributed by atoms with Gasteiger partial charge in [0.2, 0.25) is 0 Å². The van der Waals surface area contributed by atoms with Gasteiger partial charge in [0.15, 0.2) is 0 Å². The molecule has 0 atom stereocenters. The molecule has 0 aliphatic heterocycles. The molecule has 4 heteroatoms. The van der Waals surface area contributed by atoms with E-state index in [9.17, 15) is 9.18 Å². The van der Waals surface area contributed by atoms with Crippen LogP contribution in [0.1, 0.15) is 11.1 Å². The Balaban J connectivity index is 2.42. The highest BCUT2D eigenvalue weighted by Gasteiger charge is 2.07. The smallest absolute Gasteiger partial charge is 0.251 e. The third-order valence-corrected chi connectivity index (χ3v) is 2.64. The second-order valence-corrected chi connectivity index (χ2v) is 3.98. The predicted molar refractivity (Wildman–Crippen MR) is 65.4 cm³/mol. The number of aryl methyl sites for hydroxylation is 1. The van der Waals surface area contributed by atoms with E-state index in [0.29, 0.717) is 11.3 Å². The van der Waals surface area contributed by atoms with Crippen LogP contribution in [0, 0.1) is 12.7 Å². The van der Waals surface area contributed by atoms with E-state index in [4.69, 9.17) is 5.73 Å². The van der Waals surface area contributed by atoms with E-state index in [2.05, 4.69) is 0 Å². The molecule has 0 spiro atoms. The summed E-state index contributed by atoms with van der Waals surface area (Å²) in [5.74, 6) is -0.391. The molecule has 0 aliphatic rings. The van der Waals surface area contributed by atoms with Crippen molar-refractivity contribution in [3.05, 3.63) is 63.8 Å². The molecule has 17 heavy (non-hydrogen) atoms. The molecule has 0 bridgehead atoms. The van der Waals surface area contributed by atoms with Crippen molar-refractivity contribution < 1.29 is 4.39 Å². The van der Waals surface area contributed by atoms with Crippen LogP contribution in [0.3, 0.4) is 0 Å². The number of nitrogen functional groups attached to an aromatic ring is 1. The molecule has 2 N–H and O–H groups in total. The number of anilines is 1. The molecule has 0 fully saturated rings. The zero-order valence-electron chi connectivity index (χ0n) is 9.48. The SMILES string of the molecule is Cc1ccn(Cc2c(N)cccc2F)c(=O)c1. The quantitative estimate of drug-likeness (QED) is 0.804. The lowest BCUT2D eigenvalue weighted by Crippen LogP contribution is -2.20. The lowest BCUT2D eigenvalue weighted by atomic mass is 10.1. The number of aromatic nitrogens is 1. The number of pyridine rings is 1. The Morgan fingerprint density at radius 1 is 1.35 bits per heavy atom. The number of nitrogens with zero attached hydrogens (tertiary/aromatic N) is 1. The fraction of sp³-hybridized carbons (Fsp3) is 0.154. The fourth-order valence-electron chi connectivity index (χ4n) is 1.65. The summed E-state index contributed by atoms with van der Waals surface area (Å²) in [6.07, 6.45) is 1.64. The Labute approximate surface area is 98.3 Å². The number of nitrogens with two attached hydrogens (primary N) is 1. The normalized spacial score (nSPS) is 10.5. The van der Waals surface area contributed by atoms with E-state index in [1.165, 1.54) is 16.7 Å². The molecular formula is C13H13FN2O. The molecule has 1 aromatic heterocycles. The summed E-state index contributed by atoms with van der Waals surface area (Å²) in [5.41, 5.74) is 7.12. The third kappa shape index (κ3) is 2.36. The molecule has 0 amide bonds. The van der Waals surface area contributed by atoms with Gasteiger partial charge in [0.05, 0.1) is 6.54 Å². The van der Waals surface area contributed by atoms with Gasteiger partial charge in [0.25, 0.3) is 5.56 Å². The average Bonchev–Trinajstić information content (AvgIpc) is 2.26. The molecule has 1 heterocycles. The van der Waals surface area contributed by atoms with Crippen LogP contribution in [0.25, 0.3) is 0 Å². The van der Waals surface area contributed by atoms with Crippen molar-refractivity contribution >= 4 is 5.69 Å². The van der Waals surface area contributed by atoms with Gasteiger partial charge < -0.3 is 10.3 Å². The monoisotopic (exact) mass is 232 g/mol. The van der Waals surface area contributed by atoms with Crippen LogP contribution in [0.2, 0.25) is 0 Å². The number of hydrogen-bond donors (Lipinski definition) is 1. The molecule has 0 unspecified atom stereocenters. The molecule has 0 saturated carbocycles. The average molecular weight is 232 g/mol. The molecule has 1 aromatic carbocycles. The van der Waals surface area contributed by atoms with Crippen LogP contribution in [-0.4, -0.2) is 4.57 Å². The molecule has 0 saturated heterocycles. The van der Waals surface area contributed by atoms with Crippen LogP contribution in [0.5, 0.6) is 0 Å². The van der Waals surface area contributed by atoms with E-state index in [0.717, 1.165) is 5.56 Å². The third-order valence-electron chi connectivity index (χ3n) is 2.64. The van der Waals surface area contributed by atoms with Crippen LogP contribution in [0.4, 0.5) is 10.1 Å². The summed E-state index contributed by atoms with van der Waals surface area (Å²) in [4.78, 5) is 11.7. The van der Waals surface area contributed by atoms with Crippen molar-refractivity contribution in [3.63, 3.8) is 0 Å². The van der Waals surface area contributed by atoms with Gasteiger partial charge in [-0.15, -0.1) is 0 Å². The first-order valence-electron chi connectivity index (χ1n) is 5.28. The second kappa shape index (κ2) is 4.41. The van der Waals surface area contributed by atoms with Crippen molar-refractivity contribution in [2.24, 2.45) is 0 Å². The van der Waals surface area contributed by atoms with E-state index < -0.39 is 5.82 Å². The predicted octanol–water partition coefficient (Wildman–Crippen LogP) is 1.93. The van der Waals surface area contributed by atoms with Gasteiger partial charge in [0, 0.05) is 23.5 Å². The van der Waals surface area contributed by atoms with Gasteiger partial charge >= 0.3 is 0 Å². The zero-order valence-corrected chi connectivity index (χ0v) is 9.48. The van der Waals surface area contributed by atoms with Gasteiger partial charge in [-0.2, -0.15) is 0 Å². The fourth-order valence-corrected chi connectivity index (χ4v) is 1.65. The Hall–Kier alpha value is -2.10. The summed E-state index contributed by atoms with van der Waals surface area (Å²) in [5, 5.41) is 0. The highest BCUT2D eigenvalue weighted by Crippen LogP contribution is 2.16. The standard InChI is InChI=1S/C13H13FN2O/c1-9-5-6-16(13(17)7-9)8-10-11(14)3-2-4-12(10)15/h2-7H,8,15H2,1H3. The Bertz CT molecular complexity index is 584. The first-order valence-corrected chi connectivity index (χ1v) is 5.28. The number of benzene rings is 1. The Morgan fingerprint density at radius 3 is 2.76 bits per heavy atom. The van der Waals surface area contributed by atoms with Crippen molar-refractivity contribution in [2.45, 2.75) is 13.5 Å². The maximum absolute atomic E-state index is 13.6. The number of hydrogen-bond acceptors (Lipinski definition) is 2. The van der Waals surface area contributed by atoms with Gasteiger partial charge in [-0.25, -0.2) is 4.39 Å². The lowest BCUT2D eigenvalue weighted by molar-refractivity contribution is 0.597. The van der Waals surface area contributed by atoms with E-state index in [1.807, 2.05) is 6.92 Å². The van der Waals surface area contributed by atoms with Crippen molar-refractivity contribution in [1.29, 1.82) is 0 Å². The molecular weight excluding hydrogens is 219 g/mol. The zero-order chi connectivity index (χ0) is 12.4. The van der Waals surface area contributed by atoms with Crippen LogP contribution in [-0.2, 0) is 6.54 Å². The van der Waals surface area contributed by atoms with E-state index >= 15 is 0 Å². The number of halogens is 1. The second-order valence-electron chi connectivity index (χ2n) is 3.98. The summed E-state index contributed by atoms with van der Waals surface area (Å²) in [6, 6.07) is 7.82. The van der Waals surface area contributed by atoms with Crippen LogP contribution < -0.4 is 11.3 Å². The summed E-state index contributed by atoms with van der Waals surface area (Å²) >= 11 is 0. The first kappa shape index (κ1) is 11.4. The largest absolute Gasteiger partial charge is 0.398 e. The van der Waals surface area contributed by atoms with E-state index in [1.54, 1.807) is 24.4 Å². The molecule has 2 aromatic rings. The highest BCUT2D eigenvalue weighted by atomic mass is 19.1. The first-order chi connectivity index (χ1) is 8.08. The van der Waals surface area contributed by atoms with E-state index in [-0.39, 0.29) is 12.1 Å². The molecule has 88 valence electrons. The van der Waals surface area contributed by atoms with Crippen molar-refractivity contribution in [1.82, 2.24) is 4.57 Å². The summed E-state index contributed by atoms with van der Waals surface area (Å²) in [7, 11) is 0. The minimum atomic E-state index is -0.391. The Kier molecular flexibility index (Phi) is 2.95. The maximum Gasteiger partial charge on any atom is 0.251 e. The van der Waals surface area contributed by atoms with Crippen LogP contribution in [0.15, 0.2) is 41.3 Å². The lowest BCUT2D eigenvalue weighted by Gasteiger charge is -2.09. The van der Waals surface area contributed by atoms with Crippen molar-refractivity contribution in [2.75, 3.05) is 5.73 Å². The topological polar surface area (TPSA) is 48.0 Å². The van der Waals surface area contributed by atoms with Gasteiger partial charge in [-0.3, -0.25) is 4.79 Å². The van der Waals surface area contributed by atoms with Crippen molar-refractivity contribution in [3.8, 4) is 0 Å². The number of rotatable bonds is 2. The summed E-state index contributed by atoms with van der Waals surface area (Å²) in [6.45, 7) is 1.99. The molecule has 3 nitrogen and oxygen atoms in total. The highest BCUT2D eigenvalue weighted by molar-refractivity contribution is 5.47. The maximum atomic E-state index is 13.6. The minimum Gasteiger partial charge on any atom is -0.398 e. The molecule has 0 radical (unpaired) electrons. The minimum absolute atomic E-state index is 0.150.